The summed E-state index contributed by atoms with van der Waals surface area (Å²) in [5.74, 6) is 0.497. The lowest BCUT2D eigenvalue weighted by Crippen LogP contribution is -2.53. The van der Waals surface area contributed by atoms with Gasteiger partial charge in [0.1, 0.15) is 0 Å². The maximum absolute atomic E-state index is 11.6. The van der Waals surface area contributed by atoms with Crippen molar-refractivity contribution in [3.63, 3.8) is 0 Å². The minimum absolute atomic E-state index is 0.0161. The highest BCUT2D eigenvalue weighted by molar-refractivity contribution is 5.76. The molecule has 3 N–H and O–H groups in total. The maximum atomic E-state index is 11.6. The van der Waals surface area contributed by atoms with Crippen LogP contribution in [0.15, 0.2) is 0 Å². The molecule has 1 rings (SSSR count). The Morgan fingerprint density at radius 1 is 1.50 bits per heavy atom. The predicted molar refractivity (Wildman–Crippen MR) is 61.9 cm³/mol. The zero-order chi connectivity index (χ0) is 12.0. The van der Waals surface area contributed by atoms with Crippen molar-refractivity contribution in [1.29, 1.82) is 0 Å². The summed E-state index contributed by atoms with van der Waals surface area (Å²) in [7, 11) is 0. The molecule has 4 nitrogen and oxygen atoms in total. The topological polar surface area (TPSA) is 69.6 Å². The zero-order valence-electron chi connectivity index (χ0n) is 10.0. The molecule has 1 amide bonds. The van der Waals surface area contributed by atoms with Crippen LogP contribution >= 0.6 is 0 Å². The highest BCUT2D eigenvalue weighted by Gasteiger charge is 2.35. The summed E-state index contributed by atoms with van der Waals surface area (Å²) < 4.78 is 0. The van der Waals surface area contributed by atoms with Gasteiger partial charge in [0, 0.05) is 13.0 Å². The highest BCUT2D eigenvalue weighted by atomic mass is 16.3. The van der Waals surface area contributed by atoms with Crippen LogP contribution in [0.3, 0.4) is 0 Å². The van der Waals surface area contributed by atoms with Gasteiger partial charge in [-0.1, -0.05) is 19.8 Å². The first-order chi connectivity index (χ1) is 7.62. The van der Waals surface area contributed by atoms with Gasteiger partial charge < -0.3 is 15.5 Å². The summed E-state index contributed by atoms with van der Waals surface area (Å²) in [6, 6.07) is 0. The molecule has 0 saturated heterocycles. The maximum Gasteiger partial charge on any atom is 0.220 e. The van der Waals surface area contributed by atoms with Gasteiger partial charge in [0.25, 0.3) is 0 Å². The van der Waals surface area contributed by atoms with Crippen LogP contribution in [0.2, 0.25) is 0 Å². The summed E-state index contributed by atoms with van der Waals surface area (Å²) in [4.78, 5) is 11.6. The highest BCUT2D eigenvalue weighted by Crippen LogP contribution is 2.31. The molecule has 0 aromatic rings. The number of rotatable bonds is 5. The van der Waals surface area contributed by atoms with E-state index in [2.05, 4.69) is 12.2 Å². The van der Waals surface area contributed by atoms with Gasteiger partial charge in [0.15, 0.2) is 0 Å². The van der Waals surface area contributed by atoms with Crippen molar-refractivity contribution in [2.45, 2.75) is 51.0 Å². The molecule has 1 saturated carbocycles. The Labute approximate surface area is 97.0 Å². The number of aliphatic hydroxyl groups excluding tert-OH is 2. The van der Waals surface area contributed by atoms with E-state index in [1.165, 1.54) is 6.42 Å². The van der Waals surface area contributed by atoms with Crippen LogP contribution in [-0.2, 0) is 4.79 Å². The Kier molecular flexibility index (Phi) is 5.22. The van der Waals surface area contributed by atoms with Gasteiger partial charge in [0.05, 0.1) is 12.1 Å². The van der Waals surface area contributed by atoms with E-state index in [1.807, 2.05) is 0 Å². The lowest BCUT2D eigenvalue weighted by Gasteiger charge is -2.39. The van der Waals surface area contributed by atoms with E-state index in [-0.39, 0.29) is 19.1 Å². The monoisotopic (exact) mass is 229 g/mol. The Morgan fingerprint density at radius 2 is 2.25 bits per heavy atom. The third-order valence-corrected chi connectivity index (χ3v) is 3.36. The number of hydrogen-bond donors (Lipinski definition) is 3. The molecule has 4 heteroatoms. The predicted octanol–water partition coefficient (Wildman–Crippen LogP) is 0.816. The van der Waals surface area contributed by atoms with Crippen molar-refractivity contribution in [3.8, 4) is 0 Å². The Balaban J connectivity index is 2.49. The van der Waals surface area contributed by atoms with E-state index in [1.54, 1.807) is 0 Å². The van der Waals surface area contributed by atoms with Gasteiger partial charge in [-0.15, -0.1) is 0 Å². The zero-order valence-corrected chi connectivity index (χ0v) is 10.0. The lowest BCUT2D eigenvalue weighted by molar-refractivity contribution is -0.124. The summed E-state index contributed by atoms with van der Waals surface area (Å²) in [6.07, 6.45) is 4.78. The van der Waals surface area contributed by atoms with Crippen LogP contribution in [0, 0.1) is 5.92 Å². The molecule has 0 aromatic heterocycles. The molecule has 1 fully saturated rings. The number of aliphatic hydroxyl groups is 2. The van der Waals surface area contributed by atoms with E-state index in [0.717, 1.165) is 19.3 Å². The minimum Gasteiger partial charge on any atom is -0.396 e. The third-order valence-electron chi connectivity index (χ3n) is 3.36. The van der Waals surface area contributed by atoms with Crippen LogP contribution < -0.4 is 5.32 Å². The van der Waals surface area contributed by atoms with E-state index in [0.29, 0.717) is 18.8 Å². The van der Waals surface area contributed by atoms with Crippen molar-refractivity contribution in [2.75, 3.05) is 13.2 Å². The molecule has 1 aliphatic rings. The first-order valence-electron chi connectivity index (χ1n) is 6.14. The van der Waals surface area contributed by atoms with Crippen LogP contribution in [0.5, 0.6) is 0 Å². The first kappa shape index (κ1) is 13.5. The SMILES string of the molecule is CC1CCCC(CO)(NC(=O)CCCO)C1. The Bertz CT molecular complexity index is 232. The summed E-state index contributed by atoms with van der Waals surface area (Å²) in [6.45, 7) is 2.21. The lowest BCUT2D eigenvalue weighted by atomic mass is 9.77. The van der Waals surface area contributed by atoms with Gasteiger partial charge in [0.2, 0.25) is 5.91 Å². The molecular formula is C12H23NO3. The van der Waals surface area contributed by atoms with E-state index >= 15 is 0 Å². The minimum atomic E-state index is -0.412. The molecule has 2 atom stereocenters. The van der Waals surface area contributed by atoms with Crippen molar-refractivity contribution in [3.05, 3.63) is 0 Å². The van der Waals surface area contributed by atoms with Crippen LogP contribution in [0.25, 0.3) is 0 Å². The molecule has 0 aromatic carbocycles. The van der Waals surface area contributed by atoms with Crippen molar-refractivity contribution in [2.24, 2.45) is 5.92 Å². The number of amides is 1. The molecule has 16 heavy (non-hydrogen) atoms. The smallest absolute Gasteiger partial charge is 0.220 e. The number of carbonyl (C=O) groups excluding carboxylic acids is 1. The van der Waals surface area contributed by atoms with E-state index < -0.39 is 5.54 Å². The van der Waals surface area contributed by atoms with Crippen LogP contribution in [0.1, 0.15) is 45.4 Å². The molecule has 0 aliphatic heterocycles. The largest absolute Gasteiger partial charge is 0.396 e. The Hall–Kier alpha value is -0.610. The van der Waals surface area contributed by atoms with Gasteiger partial charge in [-0.3, -0.25) is 4.79 Å². The fourth-order valence-electron chi connectivity index (χ4n) is 2.55. The van der Waals surface area contributed by atoms with Crippen molar-refractivity contribution in [1.82, 2.24) is 5.32 Å². The van der Waals surface area contributed by atoms with Gasteiger partial charge in [-0.25, -0.2) is 0 Å². The summed E-state index contributed by atoms with van der Waals surface area (Å²) in [5.41, 5.74) is -0.412. The van der Waals surface area contributed by atoms with Gasteiger partial charge >= 0.3 is 0 Å². The third kappa shape index (κ3) is 3.76. The number of nitrogens with one attached hydrogen (secondary N) is 1. The van der Waals surface area contributed by atoms with E-state index in [4.69, 9.17) is 5.11 Å². The quantitative estimate of drug-likeness (QED) is 0.653. The Morgan fingerprint density at radius 3 is 2.81 bits per heavy atom. The van der Waals surface area contributed by atoms with E-state index in [9.17, 15) is 9.90 Å². The summed E-state index contributed by atoms with van der Waals surface area (Å²) >= 11 is 0. The summed E-state index contributed by atoms with van der Waals surface area (Å²) in [5, 5.41) is 21.1. The molecule has 0 spiro atoms. The standard InChI is InChI=1S/C12H23NO3/c1-10-4-2-6-12(8-10,9-15)13-11(16)5-3-7-14/h10,14-15H,2-9H2,1H3,(H,13,16). The molecule has 1 aliphatic carbocycles. The van der Waals surface area contributed by atoms with Crippen molar-refractivity contribution >= 4 is 5.91 Å². The average Bonchev–Trinajstić information content (AvgIpc) is 2.26. The second-order valence-electron chi connectivity index (χ2n) is 5.02. The number of carbonyl (C=O) groups is 1. The van der Waals surface area contributed by atoms with Gasteiger partial charge in [-0.05, 0) is 25.2 Å². The molecule has 0 radical (unpaired) electrons. The second kappa shape index (κ2) is 6.21. The van der Waals surface area contributed by atoms with Crippen LogP contribution in [0.4, 0.5) is 0 Å². The van der Waals surface area contributed by atoms with Crippen molar-refractivity contribution < 1.29 is 15.0 Å². The molecule has 0 heterocycles. The fraction of sp³-hybridized carbons (Fsp3) is 0.917. The fourth-order valence-corrected chi connectivity index (χ4v) is 2.55. The molecule has 2 unspecified atom stereocenters. The van der Waals surface area contributed by atoms with Crippen LogP contribution in [-0.4, -0.2) is 34.9 Å². The molecule has 94 valence electrons. The normalized spacial score (nSPS) is 30.1. The molecular weight excluding hydrogens is 206 g/mol. The first-order valence-corrected chi connectivity index (χ1v) is 6.14. The average molecular weight is 229 g/mol. The molecule has 0 bridgehead atoms. The van der Waals surface area contributed by atoms with Gasteiger partial charge in [-0.2, -0.15) is 0 Å². The second-order valence-corrected chi connectivity index (χ2v) is 5.02. The number of hydrogen-bond acceptors (Lipinski definition) is 3.